The largest absolute Gasteiger partial charge is 0.419 e. The molecule has 0 fully saturated rings. The summed E-state index contributed by atoms with van der Waals surface area (Å²) in [6, 6.07) is 0. The molecule has 64 valence electrons. The Kier molecular flexibility index (Phi) is 2.54. The van der Waals surface area contributed by atoms with Crippen LogP contribution in [0.5, 0.6) is 0 Å². The van der Waals surface area contributed by atoms with E-state index in [9.17, 15) is 0 Å². The van der Waals surface area contributed by atoms with Crippen molar-refractivity contribution >= 4 is 0 Å². The van der Waals surface area contributed by atoms with Crippen LogP contribution in [-0.4, -0.2) is 6.10 Å². The summed E-state index contributed by atoms with van der Waals surface area (Å²) in [4.78, 5) is 0. The molecule has 1 aliphatic carbocycles. The van der Waals surface area contributed by atoms with Crippen LogP contribution in [0.2, 0.25) is 0 Å². The van der Waals surface area contributed by atoms with Crippen molar-refractivity contribution in [2.24, 2.45) is 5.92 Å². The van der Waals surface area contributed by atoms with Crippen LogP contribution in [0.3, 0.4) is 0 Å². The number of allylic oxidation sites excluding steroid dienone is 2. The molecule has 0 aromatic heterocycles. The first-order valence-electron chi connectivity index (χ1n) is 4.06. The Bertz CT molecular complexity index is 270. The van der Waals surface area contributed by atoms with Gasteiger partial charge in [0.05, 0.1) is 0 Å². The topological polar surface area (TPSA) is 33.0 Å². The van der Waals surface area contributed by atoms with E-state index in [1.807, 2.05) is 6.92 Å². The Morgan fingerprint density at radius 1 is 1.50 bits per heavy atom. The molecule has 0 bridgehead atoms. The standard InChI is InChI=1S/C10H13NO/c1-7-4-8(2)10(12-6-11)9(3)5-7/h4-5,8,10H,1-3H3. The molecule has 0 spiro atoms. The zero-order valence-corrected chi connectivity index (χ0v) is 7.66. The maximum atomic E-state index is 8.40. The van der Waals surface area contributed by atoms with Crippen molar-refractivity contribution in [2.75, 3.05) is 0 Å². The van der Waals surface area contributed by atoms with E-state index in [0.717, 1.165) is 5.57 Å². The Morgan fingerprint density at radius 3 is 2.67 bits per heavy atom. The summed E-state index contributed by atoms with van der Waals surface area (Å²) in [6.45, 7) is 6.11. The second-order valence-electron chi connectivity index (χ2n) is 3.29. The van der Waals surface area contributed by atoms with Crippen molar-refractivity contribution in [1.82, 2.24) is 0 Å². The molecule has 0 amide bonds. The first kappa shape index (κ1) is 8.86. The molecule has 2 unspecified atom stereocenters. The number of hydrogen-bond donors (Lipinski definition) is 0. The van der Waals surface area contributed by atoms with Gasteiger partial charge in [0, 0.05) is 5.92 Å². The average Bonchev–Trinajstić information content (AvgIpc) is 1.96. The fourth-order valence-corrected chi connectivity index (χ4v) is 1.66. The highest BCUT2D eigenvalue weighted by molar-refractivity contribution is 5.30. The average molecular weight is 163 g/mol. The van der Waals surface area contributed by atoms with Gasteiger partial charge in [0.25, 0.3) is 6.26 Å². The molecule has 2 heteroatoms. The van der Waals surface area contributed by atoms with Crippen LogP contribution < -0.4 is 0 Å². The number of rotatable bonds is 1. The van der Waals surface area contributed by atoms with E-state index in [4.69, 9.17) is 10.00 Å². The molecule has 2 atom stereocenters. The van der Waals surface area contributed by atoms with Crippen molar-refractivity contribution in [1.29, 1.82) is 5.26 Å². The lowest BCUT2D eigenvalue weighted by Gasteiger charge is -2.23. The van der Waals surface area contributed by atoms with Crippen LogP contribution in [0.4, 0.5) is 0 Å². The van der Waals surface area contributed by atoms with E-state index >= 15 is 0 Å². The molecular formula is C10H13NO. The maximum absolute atomic E-state index is 8.40. The predicted octanol–water partition coefficient (Wildman–Crippen LogP) is 2.39. The van der Waals surface area contributed by atoms with Crippen molar-refractivity contribution < 1.29 is 4.74 Å². The summed E-state index contributed by atoms with van der Waals surface area (Å²) in [7, 11) is 0. The van der Waals surface area contributed by atoms with Crippen LogP contribution in [0, 0.1) is 17.4 Å². The minimum atomic E-state index is -0.0568. The molecule has 0 saturated carbocycles. The summed E-state index contributed by atoms with van der Waals surface area (Å²) in [5.74, 6) is 0.301. The number of hydrogen-bond acceptors (Lipinski definition) is 2. The summed E-state index contributed by atoms with van der Waals surface area (Å²) >= 11 is 0. The minimum Gasteiger partial charge on any atom is -0.419 e. The van der Waals surface area contributed by atoms with E-state index in [1.165, 1.54) is 5.57 Å². The molecule has 12 heavy (non-hydrogen) atoms. The zero-order chi connectivity index (χ0) is 9.14. The third-order valence-corrected chi connectivity index (χ3v) is 2.09. The van der Waals surface area contributed by atoms with Gasteiger partial charge in [0.1, 0.15) is 6.10 Å². The van der Waals surface area contributed by atoms with E-state index in [2.05, 4.69) is 26.0 Å². The highest BCUT2D eigenvalue weighted by Crippen LogP contribution is 2.24. The molecular weight excluding hydrogens is 150 g/mol. The molecule has 0 aliphatic heterocycles. The number of nitrogens with zero attached hydrogens (tertiary/aromatic N) is 1. The van der Waals surface area contributed by atoms with Crippen molar-refractivity contribution in [3.8, 4) is 6.26 Å². The normalized spacial score (nSPS) is 28.5. The van der Waals surface area contributed by atoms with E-state index in [-0.39, 0.29) is 6.10 Å². The van der Waals surface area contributed by atoms with Gasteiger partial charge in [0.2, 0.25) is 0 Å². The van der Waals surface area contributed by atoms with Gasteiger partial charge in [-0.2, -0.15) is 5.26 Å². The second-order valence-corrected chi connectivity index (χ2v) is 3.29. The molecule has 2 nitrogen and oxygen atoms in total. The fourth-order valence-electron chi connectivity index (χ4n) is 1.66. The van der Waals surface area contributed by atoms with Crippen LogP contribution in [0.15, 0.2) is 23.3 Å². The van der Waals surface area contributed by atoms with Gasteiger partial charge in [-0.3, -0.25) is 0 Å². The van der Waals surface area contributed by atoms with Gasteiger partial charge < -0.3 is 4.74 Å². The van der Waals surface area contributed by atoms with Crippen molar-refractivity contribution in [3.63, 3.8) is 0 Å². The van der Waals surface area contributed by atoms with Crippen molar-refractivity contribution in [3.05, 3.63) is 23.3 Å². The first-order chi connectivity index (χ1) is 5.65. The van der Waals surface area contributed by atoms with Crippen LogP contribution >= 0.6 is 0 Å². The second kappa shape index (κ2) is 3.44. The molecule has 1 aliphatic rings. The smallest absolute Gasteiger partial charge is 0.286 e. The minimum absolute atomic E-state index is 0.0568. The Labute approximate surface area is 73.1 Å². The number of nitriles is 1. The molecule has 0 aromatic rings. The SMILES string of the molecule is CC1=CC(C)C(OC#N)C(C)=C1. The van der Waals surface area contributed by atoms with E-state index < -0.39 is 0 Å². The lowest BCUT2D eigenvalue weighted by Crippen LogP contribution is -2.22. The van der Waals surface area contributed by atoms with Gasteiger partial charge in [-0.05, 0) is 19.4 Å². The summed E-state index contributed by atoms with van der Waals surface area (Å²) in [6.07, 6.45) is 5.86. The van der Waals surface area contributed by atoms with Crippen LogP contribution in [0.1, 0.15) is 20.8 Å². The summed E-state index contributed by atoms with van der Waals surface area (Å²) in [5.41, 5.74) is 2.38. The van der Waals surface area contributed by atoms with Gasteiger partial charge in [-0.1, -0.05) is 24.6 Å². The summed E-state index contributed by atoms with van der Waals surface area (Å²) in [5, 5.41) is 8.40. The van der Waals surface area contributed by atoms with E-state index in [1.54, 1.807) is 6.26 Å². The molecule has 0 saturated heterocycles. The first-order valence-corrected chi connectivity index (χ1v) is 4.06. The molecule has 0 heterocycles. The van der Waals surface area contributed by atoms with Gasteiger partial charge in [-0.15, -0.1) is 0 Å². The lowest BCUT2D eigenvalue weighted by atomic mass is 9.90. The third-order valence-electron chi connectivity index (χ3n) is 2.09. The van der Waals surface area contributed by atoms with Gasteiger partial charge in [-0.25, -0.2) is 0 Å². The van der Waals surface area contributed by atoms with Crippen molar-refractivity contribution in [2.45, 2.75) is 26.9 Å². The Morgan fingerprint density at radius 2 is 2.17 bits per heavy atom. The monoisotopic (exact) mass is 163 g/mol. The predicted molar refractivity (Wildman–Crippen MR) is 47.2 cm³/mol. The Hall–Kier alpha value is -1.23. The Balaban J connectivity index is 2.81. The van der Waals surface area contributed by atoms with Crippen LogP contribution in [0.25, 0.3) is 0 Å². The lowest BCUT2D eigenvalue weighted by molar-refractivity contribution is 0.157. The molecule has 0 N–H and O–H groups in total. The highest BCUT2D eigenvalue weighted by atomic mass is 16.5. The van der Waals surface area contributed by atoms with Crippen LogP contribution in [-0.2, 0) is 4.74 Å². The number of ether oxygens (including phenoxy) is 1. The fraction of sp³-hybridized carbons (Fsp3) is 0.500. The molecule has 0 aromatic carbocycles. The highest BCUT2D eigenvalue weighted by Gasteiger charge is 2.21. The van der Waals surface area contributed by atoms with E-state index in [0.29, 0.717) is 5.92 Å². The van der Waals surface area contributed by atoms with Gasteiger partial charge in [0.15, 0.2) is 0 Å². The zero-order valence-electron chi connectivity index (χ0n) is 7.66. The quantitative estimate of drug-likeness (QED) is 0.556. The molecule has 1 rings (SSSR count). The molecule has 0 radical (unpaired) electrons. The van der Waals surface area contributed by atoms with Gasteiger partial charge >= 0.3 is 0 Å². The third kappa shape index (κ3) is 1.68. The summed E-state index contributed by atoms with van der Waals surface area (Å²) < 4.78 is 4.95. The maximum Gasteiger partial charge on any atom is 0.286 e.